The summed E-state index contributed by atoms with van der Waals surface area (Å²) >= 11 is 7.84. The normalized spacial score (nSPS) is 21.0. The van der Waals surface area contributed by atoms with Crippen molar-refractivity contribution in [3.8, 4) is 0 Å². The molecule has 0 aliphatic carbocycles. The SMILES string of the molecule is CSc1ccc(C[C@@H]2CNCCO2)cc1Cl. The lowest BCUT2D eigenvalue weighted by atomic mass is 10.1. The van der Waals surface area contributed by atoms with E-state index in [1.165, 1.54) is 5.56 Å². The molecule has 88 valence electrons. The minimum atomic E-state index is 0.282. The zero-order chi connectivity index (χ0) is 11.4. The molecule has 0 unspecified atom stereocenters. The highest BCUT2D eigenvalue weighted by Gasteiger charge is 2.14. The van der Waals surface area contributed by atoms with Crippen molar-refractivity contribution in [1.82, 2.24) is 5.32 Å². The molecule has 1 atom stereocenters. The Bertz CT molecular complexity index is 353. The number of rotatable bonds is 3. The lowest BCUT2D eigenvalue weighted by molar-refractivity contribution is 0.0292. The average molecular weight is 258 g/mol. The van der Waals surface area contributed by atoms with E-state index in [-0.39, 0.29) is 6.10 Å². The van der Waals surface area contributed by atoms with E-state index >= 15 is 0 Å². The van der Waals surface area contributed by atoms with Gasteiger partial charge in [0.1, 0.15) is 0 Å². The Balaban J connectivity index is 2.01. The Kier molecular flexibility index (Phi) is 4.53. The zero-order valence-corrected chi connectivity index (χ0v) is 10.9. The highest BCUT2D eigenvalue weighted by molar-refractivity contribution is 7.98. The van der Waals surface area contributed by atoms with E-state index in [0.29, 0.717) is 0 Å². The predicted molar refractivity (Wildman–Crippen MR) is 69.5 cm³/mol. The van der Waals surface area contributed by atoms with Crippen LogP contribution in [0.2, 0.25) is 5.02 Å². The molecule has 1 aliphatic heterocycles. The van der Waals surface area contributed by atoms with Gasteiger partial charge in [0.25, 0.3) is 0 Å². The van der Waals surface area contributed by atoms with Gasteiger partial charge in [-0.2, -0.15) is 0 Å². The van der Waals surface area contributed by atoms with Crippen LogP contribution in [0.3, 0.4) is 0 Å². The molecule has 0 amide bonds. The van der Waals surface area contributed by atoms with E-state index < -0.39 is 0 Å². The minimum absolute atomic E-state index is 0.282. The molecular weight excluding hydrogens is 242 g/mol. The zero-order valence-electron chi connectivity index (χ0n) is 9.33. The molecule has 16 heavy (non-hydrogen) atoms. The maximum absolute atomic E-state index is 6.17. The summed E-state index contributed by atoms with van der Waals surface area (Å²) in [7, 11) is 0. The lowest BCUT2D eigenvalue weighted by Crippen LogP contribution is -2.39. The quantitative estimate of drug-likeness (QED) is 0.841. The van der Waals surface area contributed by atoms with Gasteiger partial charge in [0.2, 0.25) is 0 Å². The third kappa shape index (κ3) is 3.14. The summed E-state index contributed by atoms with van der Waals surface area (Å²) < 4.78 is 5.67. The smallest absolute Gasteiger partial charge is 0.0740 e. The molecule has 0 bridgehead atoms. The number of morpholine rings is 1. The van der Waals surface area contributed by atoms with Crippen LogP contribution in [0.5, 0.6) is 0 Å². The van der Waals surface area contributed by atoms with Gasteiger partial charge in [0.05, 0.1) is 17.7 Å². The van der Waals surface area contributed by atoms with Crippen molar-refractivity contribution in [2.45, 2.75) is 17.4 Å². The Morgan fingerprint density at radius 1 is 1.56 bits per heavy atom. The van der Waals surface area contributed by atoms with E-state index in [1.807, 2.05) is 12.3 Å². The second kappa shape index (κ2) is 5.92. The van der Waals surface area contributed by atoms with Gasteiger partial charge in [-0.25, -0.2) is 0 Å². The highest BCUT2D eigenvalue weighted by Crippen LogP contribution is 2.26. The maximum Gasteiger partial charge on any atom is 0.0740 e. The van der Waals surface area contributed by atoms with E-state index in [9.17, 15) is 0 Å². The van der Waals surface area contributed by atoms with Gasteiger partial charge in [-0.05, 0) is 30.4 Å². The van der Waals surface area contributed by atoms with Crippen molar-refractivity contribution >= 4 is 23.4 Å². The van der Waals surface area contributed by atoms with Gasteiger partial charge >= 0.3 is 0 Å². The van der Waals surface area contributed by atoms with Gasteiger partial charge in [-0.3, -0.25) is 0 Å². The molecule has 0 spiro atoms. The van der Waals surface area contributed by atoms with Gasteiger partial charge in [0, 0.05) is 18.0 Å². The van der Waals surface area contributed by atoms with Crippen LogP contribution < -0.4 is 5.32 Å². The van der Waals surface area contributed by atoms with Crippen LogP contribution in [0.25, 0.3) is 0 Å². The van der Waals surface area contributed by atoms with E-state index in [4.69, 9.17) is 16.3 Å². The molecule has 1 fully saturated rings. The fraction of sp³-hybridized carbons (Fsp3) is 0.500. The van der Waals surface area contributed by atoms with Crippen LogP contribution in [0, 0.1) is 0 Å². The first-order valence-corrected chi connectivity index (χ1v) is 7.04. The van der Waals surface area contributed by atoms with E-state index in [2.05, 4.69) is 17.4 Å². The Morgan fingerprint density at radius 2 is 2.44 bits per heavy atom. The molecular formula is C12H16ClNOS. The molecule has 2 rings (SSSR count). The van der Waals surface area contributed by atoms with Gasteiger partial charge in [-0.1, -0.05) is 17.7 Å². The second-order valence-electron chi connectivity index (χ2n) is 3.87. The van der Waals surface area contributed by atoms with Crippen LogP contribution in [-0.4, -0.2) is 32.1 Å². The van der Waals surface area contributed by atoms with Crippen molar-refractivity contribution in [3.63, 3.8) is 0 Å². The molecule has 1 aliphatic rings. The molecule has 1 aromatic carbocycles. The second-order valence-corrected chi connectivity index (χ2v) is 5.13. The molecule has 0 saturated carbocycles. The lowest BCUT2D eigenvalue weighted by Gasteiger charge is -2.23. The average Bonchev–Trinajstić information content (AvgIpc) is 2.31. The molecule has 1 saturated heterocycles. The Labute approximate surface area is 106 Å². The van der Waals surface area contributed by atoms with Crippen LogP contribution >= 0.6 is 23.4 Å². The van der Waals surface area contributed by atoms with Gasteiger partial charge in [0.15, 0.2) is 0 Å². The maximum atomic E-state index is 6.17. The molecule has 1 N–H and O–H groups in total. The summed E-state index contributed by atoms with van der Waals surface area (Å²) in [6.07, 6.45) is 3.25. The largest absolute Gasteiger partial charge is 0.375 e. The third-order valence-electron chi connectivity index (χ3n) is 2.68. The molecule has 2 nitrogen and oxygen atoms in total. The number of thioether (sulfide) groups is 1. The summed E-state index contributed by atoms with van der Waals surface area (Å²) in [4.78, 5) is 1.13. The van der Waals surface area contributed by atoms with E-state index in [0.717, 1.165) is 36.0 Å². The minimum Gasteiger partial charge on any atom is -0.375 e. The van der Waals surface area contributed by atoms with Crippen molar-refractivity contribution in [2.75, 3.05) is 26.0 Å². The highest BCUT2D eigenvalue weighted by atomic mass is 35.5. The van der Waals surface area contributed by atoms with Crippen LogP contribution in [0.1, 0.15) is 5.56 Å². The van der Waals surface area contributed by atoms with Crippen LogP contribution in [-0.2, 0) is 11.2 Å². The Morgan fingerprint density at radius 3 is 3.06 bits per heavy atom. The van der Waals surface area contributed by atoms with Crippen LogP contribution in [0.15, 0.2) is 23.1 Å². The Hall–Kier alpha value is -0.220. The molecule has 1 aromatic rings. The van der Waals surface area contributed by atoms with Crippen molar-refractivity contribution < 1.29 is 4.74 Å². The van der Waals surface area contributed by atoms with E-state index in [1.54, 1.807) is 11.8 Å². The summed E-state index contributed by atoms with van der Waals surface area (Å²) in [5.74, 6) is 0. The molecule has 1 heterocycles. The topological polar surface area (TPSA) is 21.3 Å². The number of ether oxygens (including phenoxy) is 1. The van der Waals surface area contributed by atoms with Crippen molar-refractivity contribution in [3.05, 3.63) is 28.8 Å². The van der Waals surface area contributed by atoms with Crippen LogP contribution in [0.4, 0.5) is 0 Å². The fourth-order valence-corrected chi connectivity index (χ4v) is 2.74. The summed E-state index contributed by atoms with van der Waals surface area (Å²) in [6.45, 7) is 2.70. The third-order valence-corrected chi connectivity index (χ3v) is 3.90. The molecule has 0 radical (unpaired) electrons. The summed E-state index contributed by atoms with van der Waals surface area (Å²) in [6, 6.07) is 6.26. The summed E-state index contributed by atoms with van der Waals surface area (Å²) in [5, 5.41) is 4.17. The first kappa shape index (κ1) is 12.2. The number of nitrogens with one attached hydrogen (secondary N) is 1. The number of hydrogen-bond acceptors (Lipinski definition) is 3. The standard InChI is InChI=1S/C12H16ClNOS/c1-16-12-3-2-9(7-11(12)13)6-10-8-14-4-5-15-10/h2-3,7,10,14H,4-6,8H2,1H3/t10-/m1/s1. The number of benzene rings is 1. The summed E-state index contributed by atoms with van der Waals surface area (Å²) in [5.41, 5.74) is 1.25. The monoisotopic (exact) mass is 257 g/mol. The first-order valence-electron chi connectivity index (χ1n) is 5.44. The number of halogens is 1. The van der Waals surface area contributed by atoms with Crippen molar-refractivity contribution in [1.29, 1.82) is 0 Å². The first-order chi connectivity index (χ1) is 7.79. The molecule has 0 aromatic heterocycles. The molecule has 4 heteroatoms. The predicted octanol–water partition coefficient (Wildman–Crippen LogP) is 2.59. The van der Waals surface area contributed by atoms with Gasteiger partial charge < -0.3 is 10.1 Å². The number of hydrogen-bond donors (Lipinski definition) is 1. The van der Waals surface area contributed by atoms with Gasteiger partial charge in [-0.15, -0.1) is 11.8 Å². The van der Waals surface area contributed by atoms with Crippen molar-refractivity contribution in [2.24, 2.45) is 0 Å². The fourth-order valence-electron chi connectivity index (χ4n) is 1.85.